The zero-order valence-electron chi connectivity index (χ0n) is 8.80. The SMILES string of the molecule is NCC1(C(=O)Cc2c(F)cccc2Cl)CC1. The highest BCUT2D eigenvalue weighted by atomic mass is 35.5. The van der Waals surface area contributed by atoms with Gasteiger partial charge in [0.2, 0.25) is 0 Å². The van der Waals surface area contributed by atoms with Crippen LogP contribution < -0.4 is 5.73 Å². The van der Waals surface area contributed by atoms with Crippen molar-refractivity contribution in [3.8, 4) is 0 Å². The molecule has 1 aromatic rings. The van der Waals surface area contributed by atoms with E-state index in [0.29, 0.717) is 11.6 Å². The van der Waals surface area contributed by atoms with Crippen LogP contribution in [0.2, 0.25) is 5.02 Å². The van der Waals surface area contributed by atoms with Crippen molar-refractivity contribution in [2.24, 2.45) is 11.1 Å². The number of Topliss-reactive ketones (excluding diaryl/α,β-unsaturated/α-hetero) is 1. The van der Waals surface area contributed by atoms with Crippen LogP contribution in [-0.2, 0) is 11.2 Å². The van der Waals surface area contributed by atoms with Gasteiger partial charge in [-0.2, -0.15) is 0 Å². The van der Waals surface area contributed by atoms with Crippen molar-refractivity contribution in [3.63, 3.8) is 0 Å². The minimum absolute atomic E-state index is 0.00185. The van der Waals surface area contributed by atoms with Gasteiger partial charge in [0, 0.05) is 29.0 Å². The van der Waals surface area contributed by atoms with E-state index in [1.165, 1.54) is 12.1 Å². The Bertz CT molecular complexity index is 409. The van der Waals surface area contributed by atoms with Gasteiger partial charge < -0.3 is 5.73 Å². The fourth-order valence-electron chi connectivity index (χ4n) is 1.80. The topological polar surface area (TPSA) is 43.1 Å². The molecule has 16 heavy (non-hydrogen) atoms. The minimum atomic E-state index is -0.423. The van der Waals surface area contributed by atoms with Crippen LogP contribution >= 0.6 is 11.6 Å². The second-order valence-corrected chi connectivity index (χ2v) is 4.69. The Balaban J connectivity index is 2.18. The molecule has 0 spiro atoms. The van der Waals surface area contributed by atoms with E-state index in [1.54, 1.807) is 6.07 Å². The minimum Gasteiger partial charge on any atom is -0.329 e. The van der Waals surface area contributed by atoms with E-state index in [1.807, 2.05) is 0 Å². The molecule has 2 N–H and O–H groups in total. The fourth-order valence-corrected chi connectivity index (χ4v) is 2.03. The zero-order valence-corrected chi connectivity index (χ0v) is 9.56. The molecule has 1 saturated carbocycles. The maximum atomic E-state index is 13.5. The molecule has 1 fully saturated rings. The molecular formula is C12H13ClFNO. The van der Waals surface area contributed by atoms with Crippen LogP contribution in [0.15, 0.2) is 18.2 Å². The number of hydrogen-bond acceptors (Lipinski definition) is 2. The second kappa shape index (κ2) is 4.15. The van der Waals surface area contributed by atoms with Crippen molar-refractivity contribution < 1.29 is 9.18 Å². The lowest BCUT2D eigenvalue weighted by Crippen LogP contribution is -2.27. The molecule has 2 nitrogen and oxygen atoms in total. The number of hydrogen-bond donors (Lipinski definition) is 1. The number of rotatable bonds is 4. The van der Waals surface area contributed by atoms with Gasteiger partial charge in [-0.1, -0.05) is 17.7 Å². The molecule has 0 heterocycles. The summed E-state index contributed by atoms with van der Waals surface area (Å²) in [4.78, 5) is 11.9. The first-order valence-electron chi connectivity index (χ1n) is 5.25. The van der Waals surface area contributed by atoms with E-state index in [0.717, 1.165) is 12.8 Å². The van der Waals surface area contributed by atoms with Gasteiger partial charge in [-0.25, -0.2) is 4.39 Å². The zero-order chi connectivity index (χ0) is 11.8. The van der Waals surface area contributed by atoms with Gasteiger partial charge in [0.1, 0.15) is 11.6 Å². The first-order valence-corrected chi connectivity index (χ1v) is 5.63. The molecule has 0 atom stereocenters. The second-order valence-electron chi connectivity index (χ2n) is 4.28. The molecule has 1 aliphatic carbocycles. The van der Waals surface area contributed by atoms with Crippen molar-refractivity contribution in [3.05, 3.63) is 34.6 Å². The van der Waals surface area contributed by atoms with Crippen molar-refractivity contribution >= 4 is 17.4 Å². The summed E-state index contributed by atoms with van der Waals surface area (Å²) in [6, 6.07) is 4.44. The number of nitrogens with two attached hydrogens (primary N) is 1. The maximum Gasteiger partial charge on any atom is 0.144 e. The third-order valence-electron chi connectivity index (χ3n) is 3.23. The summed E-state index contributed by atoms with van der Waals surface area (Å²) in [7, 11) is 0. The van der Waals surface area contributed by atoms with E-state index in [2.05, 4.69) is 0 Å². The highest BCUT2D eigenvalue weighted by Gasteiger charge is 2.47. The number of carbonyl (C=O) groups excluding carboxylic acids is 1. The number of benzene rings is 1. The van der Waals surface area contributed by atoms with E-state index in [9.17, 15) is 9.18 Å². The lowest BCUT2D eigenvalue weighted by atomic mass is 9.95. The van der Waals surface area contributed by atoms with E-state index >= 15 is 0 Å². The summed E-state index contributed by atoms with van der Waals surface area (Å²) in [5.74, 6) is -0.421. The van der Waals surface area contributed by atoms with Gasteiger partial charge in [0.25, 0.3) is 0 Å². The Kier molecular flexibility index (Phi) is 3.00. The molecule has 0 bridgehead atoms. The predicted octanol–water partition coefficient (Wildman–Crippen LogP) is 2.33. The van der Waals surface area contributed by atoms with Crippen LogP contribution in [0.25, 0.3) is 0 Å². The summed E-state index contributed by atoms with van der Waals surface area (Å²) < 4.78 is 13.5. The Hall–Kier alpha value is -0.930. The van der Waals surface area contributed by atoms with E-state index < -0.39 is 11.2 Å². The molecule has 0 aliphatic heterocycles. The van der Waals surface area contributed by atoms with Crippen LogP contribution in [0.5, 0.6) is 0 Å². The first-order chi connectivity index (χ1) is 7.59. The standard InChI is InChI=1S/C12H13ClFNO/c13-9-2-1-3-10(14)8(9)6-11(16)12(7-15)4-5-12/h1-3H,4-7,15H2. The van der Waals surface area contributed by atoms with Gasteiger partial charge in [-0.15, -0.1) is 0 Å². The summed E-state index contributed by atoms with van der Waals surface area (Å²) in [5.41, 5.74) is 5.44. The van der Waals surface area contributed by atoms with Crippen molar-refractivity contribution in [2.45, 2.75) is 19.3 Å². The summed E-state index contributed by atoms with van der Waals surface area (Å²) in [5, 5.41) is 0.307. The molecule has 0 unspecified atom stereocenters. The Morgan fingerprint density at radius 1 is 1.50 bits per heavy atom. The summed E-state index contributed by atoms with van der Waals surface area (Å²) in [6.07, 6.45) is 1.67. The molecule has 2 rings (SSSR count). The lowest BCUT2D eigenvalue weighted by Gasteiger charge is -2.12. The Morgan fingerprint density at radius 3 is 2.69 bits per heavy atom. The van der Waals surface area contributed by atoms with Crippen molar-refractivity contribution in [1.29, 1.82) is 0 Å². The van der Waals surface area contributed by atoms with Crippen LogP contribution in [0.3, 0.4) is 0 Å². The molecule has 4 heteroatoms. The van der Waals surface area contributed by atoms with Crippen molar-refractivity contribution in [2.75, 3.05) is 6.54 Å². The normalized spacial score (nSPS) is 17.2. The Morgan fingerprint density at radius 2 is 2.19 bits per heavy atom. The predicted molar refractivity (Wildman–Crippen MR) is 60.8 cm³/mol. The number of ketones is 1. The molecule has 1 aliphatic rings. The van der Waals surface area contributed by atoms with Crippen LogP contribution in [0.1, 0.15) is 18.4 Å². The van der Waals surface area contributed by atoms with Crippen LogP contribution in [0, 0.1) is 11.2 Å². The fraction of sp³-hybridized carbons (Fsp3) is 0.417. The quantitative estimate of drug-likeness (QED) is 0.879. The third-order valence-corrected chi connectivity index (χ3v) is 3.59. The summed E-state index contributed by atoms with van der Waals surface area (Å²) in [6.45, 7) is 0.345. The number of halogens is 2. The third kappa shape index (κ3) is 1.97. The van der Waals surface area contributed by atoms with Gasteiger partial charge in [0.05, 0.1) is 0 Å². The lowest BCUT2D eigenvalue weighted by molar-refractivity contribution is -0.123. The molecule has 1 aromatic carbocycles. The smallest absolute Gasteiger partial charge is 0.144 e. The van der Waals surface area contributed by atoms with E-state index in [4.69, 9.17) is 17.3 Å². The van der Waals surface area contributed by atoms with Gasteiger partial charge in [-0.3, -0.25) is 4.79 Å². The summed E-state index contributed by atoms with van der Waals surface area (Å²) >= 11 is 5.86. The Labute approximate surface area is 98.6 Å². The van der Waals surface area contributed by atoms with Crippen molar-refractivity contribution in [1.82, 2.24) is 0 Å². The molecular weight excluding hydrogens is 229 g/mol. The number of carbonyl (C=O) groups is 1. The average Bonchev–Trinajstić information content (AvgIpc) is 3.04. The first kappa shape index (κ1) is 11.6. The molecule has 0 saturated heterocycles. The van der Waals surface area contributed by atoms with Crippen LogP contribution in [-0.4, -0.2) is 12.3 Å². The van der Waals surface area contributed by atoms with Gasteiger partial charge in [0.15, 0.2) is 0 Å². The molecule has 86 valence electrons. The van der Waals surface area contributed by atoms with E-state index in [-0.39, 0.29) is 17.8 Å². The maximum absolute atomic E-state index is 13.5. The highest BCUT2D eigenvalue weighted by molar-refractivity contribution is 6.31. The molecule has 0 radical (unpaired) electrons. The van der Waals surface area contributed by atoms with Gasteiger partial charge >= 0.3 is 0 Å². The monoisotopic (exact) mass is 241 g/mol. The average molecular weight is 242 g/mol. The van der Waals surface area contributed by atoms with Crippen LogP contribution in [0.4, 0.5) is 4.39 Å². The molecule has 0 amide bonds. The molecule has 0 aromatic heterocycles. The highest BCUT2D eigenvalue weighted by Crippen LogP contribution is 2.46. The largest absolute Gasteiger partial charge is 0.329 e. The van der Waals surface area contributed by atoms with Gasteiger partial charge in [-0.05, 0) is 25.0 Å².